The number of hydrogen-bond donors (Lipinski definition) is 2. The molecule has 2 N–H and O–H groups in total. The van der Waals surface area contributed by atoms with Crippen LogP contribution < -0.4 is 0 Å². The number of rotatable bonds is 0. The lowest BCUT2D eigenvalue weighted by Crippen LogP contribution is -2.50. The molecule has 0 spiro atoms. The van der Waals surface area contributed by atoms with Gasteiger partial charge in [0.15, 0.2) is 0 Å². The zero-order valence-corrected chi connectivity index (χ0v) is 6.42. The van der Waals surface area contributed by atoms with E-state index >= 15 is 0 Å². The first-order valence-corrected chi connectivity index (χ1v) is 3.54. The second-order valence-corrected chi connectivity index (χ2v) is 3.44. The summed E-state index contributed by atoms with van der Waals surface area (Å²) >= 11 is 0. The Hall–Kier alpha value is -0.120. The summed E-state index contributed by atoms with van der Waals surface area (Å²) in [6, 6.07) is 0. The summed E-state index contributed by atoms with van der Waals surface area (Å²) in [6.07, 6.45) is 1.69. The van der Waals surface area contributed by atoms with Crippen molar-refractivity contribution < 1.29 is 14.9 Å². The molecule has 0 aromatic rings. The standard InChI is InChI=1S/C7H14O3/c1-6(2)4-3-5-10-7(6,8)9/h8-9H,3-5H2,1-2H3. The molecule has 1 saturated heterocycles. The van der Waals surface area contributed by atoms with Crippen LogP contribution >= 0.6 is 0 Å². The second kappa shape index (κ2) is 2.19. The molecule has 0 aromatic heterocycles. The zero-order chi connectivity index (χ0) is 7.83. The van der Waals surface area contributed by atoms with E-state index in [2.05, 4.69) is 0 Å². The van der Waals surface area contributed by atoms with Crippen molar-refractivity contribution in [1.82, 2.24) is 0 Å². The molecule has 1 fully saturated rings. The Bertz CT molecular complexity index is 113. The minimum atomic E-state index is -1.93. The van der Waals surface area contributed by atoms with E-state index in [0.29, 0.717) is 6.61 Å². The number of aliphatic hydroxyl groups is 2. The fourth-order valence-electron chi connectivity index (χ4n) is 1.09. The maximum Gasteiger partial charge on any atom is 0.283 e. The molecular formula is C7H14O3. The zero-order valence-electron chi connectivity index (χ0n) is 6.42. The highest BCUT2D eigenvalue weighted by molar-refractivity contribution is 4.80. The van der Waals surface area contributed by atoms with Gasteiger partial charge in [0.05, 0.1) is 6.61 Å². The monoisotopic (exact) mass is 146 g/mol. The van der Waals surface area contributed by atoms with Gasteiger partial charge in [-0.05, 0) is 12.8 Å². The van der Waals surface area contributed by atoms with Crippen LogP contribution in [-0.2, 0) is 4.74 Å². The van der Waals surface area contributed by atoms with Crippen LogP contribution in [0.15, 0.2) is 0 Å². The Morgan fingerprint density at radius 2 is 1.90 bits per heavy atom. The van der Waals surface area contributed by atoms with Crippen LogP contribution in [0, 0.1) is 5.41 Å². The first-order valence-electron chi connectivity index (χ1n) is 3.54. The maximum atomic E-state index is 9.24. The molecule has 0 unspecified atom stereocenters. The van der Waals surface area contributed by atoms with E-state index in [-0.39, 0.29) is 0 Å². The van der Waals surface area contributed by atoms with Gasteiger partial charge < -0.3 is 14.9 Å². The van der Waals surface area contributed by atoms with Gasteiger partial charge in [-0.3, -0.25) is 0 Å². The highest BCUT2D eigenvalue weighted by Gasteiger charge is 2.45. The topological polar surface area (TPSA) is 49.7 Å². The quantitative estimate of drug-likeness (QED) is 0.488. The lowest BCUT2D eigenvalue weighted by molar-refractivity contribution is -0.403. The summed E-state index contributed by atoms with van der Waals surface area (Å²) < 4.78 is 4.79. The van der Waals surface area contributed by atoms with Crippen LogP contribution in [0.4, 0.5) is 0 Å². The highest BCUT2D eigenvalue weighted by atomic mass is 16.8. The SMILES string of the molecule is CC1(C)CCCOC1(O)O. The third-order valence-corrected chi connectivity index (χ3v) is 2.13. The Morgan fingerprint density at radius 3 is 2.20 bits per heavy atom. The van der Waals surface area contributed by atoms with Crippen molar-refractivity contribution in [3.8, 4) is 0 Å². The largest absolute Gasteiger partial charge is 0.343 e. The molecule has 3 nitrogen and oxygen atoms in total. The molecule has 0 aliphatic carbocycles. The summed E-state index contributed by atoms with van der Waals surface area (Å²) in [5, 5.41) is 18.5. The predicted molar refractivity (Wildman–Crippen MR) is 36.1 cm³/mol. The Balaban J connectivity index is 2.70. The van der Waals surface area contributed by atoms with Gasteiger partial charge in [0.25, 0.3) is 5.97 Å². The molecule has 3 heteroatoms. The average molecular weight is 146 g/mol. The third-order valence-electron chi connectivity index (χ3n) is 2.13. The maximum absolute atomic E-state index is 9.24. The Kier molecular flexibility index (Phi) is 1.75. The molecule has 10 heavy (non-hydrogen) atoms. The van der Waals surface area contributed by atoms with Gasteiger partial charge in [-0.25, -0.2) is 0 Å². The van der Waals surface area contributed by atoms with Gasteiger partial charge >= 0.3 is 0 Å². The van der Waals surface area contributed by atoms with Crippen molar-refractivity contribution in [3.63, 3.8) is 0 Å². The normalized spacial score (nSPS) is 30.0. The van der Waals surface area contributed by atoms with Crippen LogP contribution in [-0.4, -0.2) is 22.8 Å². The summed E-state index contributed by atoms with van der Waals surface area (Å²) in [5.41, 5.74) is -0.536. The molecule has 1 aliphatic heterocycles. The summed E-state index contributed by atoms with van der Waals surface area (Å²) in [6.45, 7) is 4.01. The smallest absolute Gasteiger partial charge is 0.283 e. The summed E-state index contributed by atoms with van der Waals surface area (Å²) in [4.78, 5) is 0. The van der Waals surface area contributed by atoms with Crippen molar-refractivity contribution in [2.24, 2.45) is 5.41 Å². The first kappa shape index (κ1) is 7.98. The second-order valence-electron chi connectivity index (χ2n) is 3.44. The van der Waals surface area contributed by atoms with Gasteiger partial charge in [0.2, 0.25) is 0 Å². The van der Waals surface area contributed by atoms with E-state index in [1.807, 2.05) is 0 Å². The molecule has 0 radical (unpaired) electrons. The molecule has 0 amide bonds. The van der Waals surface area contributed by atoms with Crippen LogP contribution in [0.25, 0.3) is 0 Å². The molecule has 0 aromatic carbocycles. The average Bonchev–Trinajstić information content (AvgIpc) is 1.77. The van der Waals surface area contributed by atoms with E-state index in [0.717, 1.165) is 12.8 Å². The molecule has 1 rings (SSSR count). The number of hydrogen-bond acceptors (Lipinski definition) is 3. The van der Waals surface area contributed by atoms with Crippen molar-refractivity contribution in [2.75, 3.05) is 6.61 Å². The van der Waals surface area contributed by atoms with Gasteiger partial charge in [0, 0.05) is 5.41 Å². The third kappa shape index (κ3) is 1.17. The summed E-state index contributed by atoms with van der Waals surface area (Å²) in [5.74, 6) is -1.93. The van der Waals surface area contributed by atoms with E-state index in [4.69, 9.17) is 4.74 Å². The van der Waals surface area contributed by atoms with Crippen molar-refractivity contribution in [2.45, 2.75) is 32.7 Å². The predicted octanol–water partition coefficient (Wildman–Crippen LogP) is 0.461. The van der Waals surface area contributed by atoms with E-state index in [1.165, 1.54) is 0 Å². The fraction of sp³-hybridized carbons (Fsp3) is 1.00. The molecular weight excluding hydrogens is 132 g/mol. The van der Waals surface area contributed by atoms with Crippen molar-refractivity contribution >= 4 is 0 Å². The first-order chi connectivity index (χ1) is 4.46. The van der Waals surface area contributed by atoms with Gasteiger partial charge in [-0.1, -0.05) is 13.8 Å². The Labute approximate surface area is 60.6 Å². The lowest BCUT2D eigenvalue weighted by atomic mass is 9.83. The van der Waals surface area contributed by atoms with Crippen LogP contribution in [0.1, 0.15) is 26.7 Å². The van der Waals surface area contributed by atoms with Crippen LogP contribution in [0.5, 0.6) is 0 Å². The molecule has 1 heterocycles. The molecule has 0 atom stereocenters. The fourth-order valence-corrected chi connectivity index (χ4v) is 1.09. The molecule has 0 bridgehead atoms. The van der Waals surface area contributed by atoms with Gasteiger partial charge in [0.1, 0.15) is 0 Å². The summed E-state index contributed by atoms with van der Waals surface area (Å²) in [7, 11) is 0. The van der Waals surface area contributed by atoms with E-state index < -0.39 is 11.4 Å². The lowest BCUT2D eigenvalue weighted by Gasteiger charge is -2.41. The van der Waals surface area contributed by atoms with Crippen LogP contribution in [0.2, 0.25) is 0 Å². The minimum Gasteiger partial charge on any atom is -0.343 e. The number of ether oxygens (including phenoxy) is 1. The molecule has 0 saturated carbocycles. The van der Waals surface area contributed by atoms with Crippen molar-refractivity contribution in [3.05, 3.63) is 0 Å². The van der Waals surface area contributed by atoms with E-state index in [9.17, 15) is 10.2 Å². The van der Waals surface area contributed by atoms with E-state index in [1.54, 1.807) is 13.8 Å². The van der Waals surface area contributed by atoms with Crippen LogP contribution in [0.3, 0.4) is 0 Å². The van der Waals surface area contributed by atoms with Crippen molar-refractivity contribution in [1.29, 1.82) is 0 Å². The van der Waals surface area contributed by atoms with Gasteiger partial charge in [-0.15, -0.1) is 0 Å². The van der Waals surface area contributed by atoms with Gasteiger partial charge in [-0.2, -0.15) is 0 Å². The minimum absolute atomic E-state index is 0.441. The highest BCUT2D eigenvalue weighted by Crippen LogP contribution is 2.37. The molecule has 60 valence electrons. The Morgan fingerprint density at radius 1 is 1.30 bits per heavy atom. The molecule has 1 aliphatic rings.